The third kappa shape index (κ3) is 2.53. The van der Waals surface area contributed by atoms with E-state index in [-0.39, 0.29) is 5.91 Å². The van der Waals surface area contributed by atoms with Gasteiger partial charge in [0.05, 0.1) is 0 Å². The molecule has 1 atom stereocenters. The molecule has 1 heterocycles. The van der Waals surface area contributed by atoms with Crippen LogP contribution >= 0.6 is 15.9 Å². The molecule has 21 heavy (non-hydrogen) atoms. The van der Waals surface area contributed by atoms with Crippen molar-refractivity contribution in [3.8, 4) is 0 Å². The van der Waals surface area contributed by atoms with Crippen LogP contribution in [-0.2, 0) is 4.79 Å². The predicted octanol–water partition coefficient (Wildman–Crippen LogP) is 3.29. The van der Waals surface area contributed by atoms with Crippen molar-refractivity contribution in [3.05, 3.63) is 46.4 Å². The van der Waals surface area contributed by atoms with Gasteiger partial charge in [0.2, 0.25) is 0 Å². The molecule has 2 aromatic rings. The molecule has 3 rings (SSSR count). The van der Waals surface area contributed by atoms with Crippen molar-refractivity contribution in [3.63, 3.8) is 0 Å². The van der Waals surface area contributed by atoms with Crippen molar-refractivity contribution in [2.24, 2.45) is 0 Å². The third-order valence-electron chi connectivity index (χ3n) is 3.86. The molecule has 0 aliphatic carbocycles. The van der Waals surface area contributed by atoms with E-state index in [0.717, 1.165) is 21.7 Å². The van der Waals surface area contributed by atoms with Crippen LogP contribution in [0.1, 0.15) is 23.2 Å². The molecule has 0 radical (unpaired) electrons. The zero-order valence-corrected chi connectivity index (χ0v) is 12.8. The van der Waals surface area contributed by atoms with E-state index in [9.17, 15) is 14.7 Å². The predicted molar refractivity (Wildman–Crippen MR) is 83.3 cm³/mol. The van der Waals surface area contributed by atoms with Crippen LogP contribution in [0.2, 0.25) is 0 Å². The number of rotatable bonds is 2. The Kier molecular flexibility index (Phi) is 3.68. The highest BCUT2D eigenvalue weighted by molar-refractivity contribution is 9.10. The molecule has 2 aromatic carbocycles. The number of likely N-dealkylation sites (tertiary alicyclic amines) is 1. The number of carboxylic acids is 1. The molecule has 1 fully saturated rings. The quantitative estimate of drug-likeness (QED) is 0.906. The van der Waals surface area contributed by atoms with Crippen LogP contribution in [0.25, 0.3) is 10.8 Å². The number of hydrogen-bond acceptors (Lipinski definition) is 2. The average Bonchev–Trinajstić information content (AvgIpc) is 2.95. The van der Waals surface area contributed by atoms with Gasteiger partial charge in [0.25, 0.3) is 5.91 Å². The molecule has 4 nitrogen and oxygen atoms in total. The molecular formula is C16H14BrNO3. The number of carbonyl (C=O) groups excluding carboxylic acids is 1. The summed E-state index contributed by atoms with van der Waals surface area (Å²) < 4.78 is 0.815. The molecular weight excluding hydrogens is 334 g/mol. The Bertz CT molecular complexity index is 729. The number of fused-ring (bicyclic) bond motifs is 1. The van der Waals surface area contributed by atoms with Crippen molar-refractivity contribution >= 4 is 38.6 Å². The first kappa shape index (κ1) is 14.1. The van der Waals surface area contributed by atoms with Gasteiger partial charge in [0.15, 0.2) is 0 Å². The largest absolute Gasteiger partial charge is 0.480 e. The minimum absolute atomic E-state index is 0.211. The van der Waals surface area contributed by atoms with Crippen LogP contribution in [0.15, 0.2) is 40.9 Å². The van der Waals surface area contributed by atoms with Crippen molar-refractivity contribution in [1.29, 1.82) is 0 Å². The van der Waals surface area contributed by atoms with Gasteiger partial charge in [-0.25, -0.2) is 4.79 Å². The highest BCUT2D eigenvalue weighted by Gasteiger charge is 2.34. The number of carbonyl (C=O) groups is 2. The van der Waals surface area contributed by atoms with E-state index >= 15 is 0 Å². The summed E-state index contributed by atoms with van der Waals surface area (Å²) in [7, 11) is 0. The number of carboxylic acid groups (broad SMARTS) is 1. The summed E-state index contributed by atoms with van der Waals surface area (Å²) in [6.45, 7) is 0.497. The van der Waals surface area contributed by atoms with E-state index in [4.69, 9.17) is 0 Å². The van der Waals surface area contributed by atoms with E-state index in [0.29, 0.717) is 18.5 Å². The first-order valence-electron chi connectivity index (χ1n) is 6.80. The Balaban J connectivity index is 2.07. The maximum Gasteiger partial charge on any atom is 0.326 e. The van der Waals surface area contributed by atoms with E-state index in [1.54, 1.807) is 6.07 Å². The summed E-state index contributed by atoms with van der Waals surface area (Å²) >= 11 is 3.42. The highest BCUT2D eigenvalue weighted by Crippen LogP contribution is 2.28. The van der Waals surface area contributed by atoms with Gasteiger partial charge < -0.3 is 10.0 Å². The number of hydrogen-bond donors (Lipinski definition) is 1. The van der Waals surface area contributed by atoms with Gasteiger partial charge in [-0.1, -0.05) is 40.2 Å². The molecule has 0 bridgehead atoms. The van der Waals surface area contributed by atoms with Crippen molar-refractivity contribution < 1.29 is 14.7 Å². The van der Waals surface area contributed by atoms with Crippen LogP contribution in [-0.4, -0.2) is 34.5 Å². The van der Waals surface area contributed by atoms with E-state index in [2.05, 4.69) is 15.9 Å². The summed E-state index contributed by atoms with van der Waals surface area (Å²) in [4.78, 5) is 25.5. The van der Waals surface area contributed by atoms with E-state index in [1.807, 2.05) is 30.3 Å². The Hall–Kier alpha value is -1.88. The molecule has 5 heteroatoms. The summed E-state index contributed by atoms with van der Waals surface area (Å²) in [5, 5.41) is 11.1. The molecule has 1 amide bonds. The van der Waals surface area contributed by atoms with Gasteiger partial charge in [-0.15, -0.1) is 0 Å². The first-order chi connectivity index (χ1) is 10.1. The van der Waals surface area contributed by atoms with Gasteiger partial charge in [-0.05, 0) is 35.7 Å². The Morgan fingerprint density at radius 1 is 1.24 bits per heavy atom. The second-order valence-corrected chi connectivity index (χ2v) is 6.08. The number of aliphatic carboxylic acids is 1. The lowest BCUT2D eigenvalue weighted by Gasteiger charge is -2.22. The van der Waals surface area contributed by atoms with Gasteiger partial charge in [0.1, 0.15) is 6.04 Å². The van der Waals surface area contributed by atoms with Crippen molar-refractivity contribution in [2.75, 3.05) is 6.54 Å². The molecule has 0 saturated carbocycles. The van der Waals surface area contributed by atoms with Gasteiger partial charge >= 0.3 is 5.97 Å². The minimum atomic E-state index is -0.930. The topological polar surface area (TPSA) is 57.6 Å². The Morgan fingerprint density at radius 2 is 2.00 bits per heavy atom. The smallest absolute Gasteiger partial charge is 0.326 e. The number of benzene rings is 2. The maximum atomic E-state index is 12.8. The van der Waals surface area contributed by atoms with E-state index < -0.39 is 12.0 Å². The monoisotopic (exact) mass is 347 g/mol. The SMILES string of the molecule is O=C(O)[C@@H]1CCCN1C(=O)c1cc(Br)cc2ccccc12. The second kappa shape index (κ2) is 5.48. The van der Waals surface area contributed by atoms with Crippen LogP contribution in [0.3, 0.4) is 0 Å². The molecule has 0 unspecified atom stereocenters. The van der Waals surface area contributed by atoms with Crippen LogP contribution in [0.5, 0.6) is 0 Å². The van der Waals surface area contributed by atoms with Crippen LogP contribution in [0.4, 0.5) is 0 Å². The lowest BCUT2D eigenvalue weighted by Crippen LogP contribution is -2.40. The van der Waals surface area contributed by atoms with Gasteiger partial charge in [-0.2, -0.15) is 0 Å². The lowest BCUT2D eigenvalue weighted by molar-refractivity contribution is -0.141. The highest BCUT2D eigenvalue weighted by atomic mass is 79.9. The second-order valence-electron chi connectivity index (χ2n) is 5.17. The summed E-state index contributed by atoms with van der Waals surface area (Å²) in [5.41, 5.74) is 0.549. The van der Waals surface area contributed by atoms with Crippen molar-refractivity contribution in [1.82, 2.24) is 4.90 Å². The van der Waals surface area contributed by atoms with Gasteiger partial charge in [0, 0.05) is 16.6 Å². The molecule has 0 spiro atoms. The lowest BCUT2D eigenvalue weighted by atomic mass is 10.0. The number of amides is 1. The van der Waals surface area contributed by atoms with Crippen LogP contribution < -0.4 is 0 Å². The molecule has 1 N–H and O–H groups in total. The minimum Gasteiger partial charge on any atom is -0.480 e. The molecule has 1 aliphatic rings. The third-order valence-corrected chi connectivity index (χ3v) is 4.31. The summed E-state index contributed by atoms with van der Waals surface area (Å²) in [5.74, 6) is -1.14. The fourth-order valence-electron chi connectivity index (χ4n) is 2.87. The average molecular weight is 348 g/mol. The normalized spacial score (nSPS) is 18.1. The summed E-state index contributed by atoms with van der Waals surface area (Å²) in [6, 6.07) is 10.6. The Morgan fingerprint density at radius 3 is 2.76 bits per heavy atom. The van der Waals surface area contributed by atoms with Gasteiger partial charge in [-0.3, -0.25) is 4.79 Å². The fourth-order valence-corrected chi connectivity index (χ4v) is 3.35. The fraction of sp³-hybridized carbons (Fsp3) is 0.250. The molecule has 0 aromatic heterocycles. The number of halogens is 1. The zero-order chi connectivity index (χ0) is 15.0. The van der Waals surface area contributed by atoms with Crippen molar-refractivity contribution in [2.45, 2.75) is 18.9 Å². The van der Waals surface area contributed by atoms with Crippen LogP contribution in [0, 0.1) is 0 Å². The molecule has 108 valence electrons. The maximum absolute atomic E-state index is 12.8. The standard InChI is InChI=1S/C16H14BrNO3/c17-11-8-10-4-1-2-5-12(10)13(9-11)15(19)18-7-3-6-14(18)16(20)21/h1-2,4-5,8-9,14H,3,6-7H2,(H,20,21)/t14-/m0/s1. The molecule has 1 saturated heterocycles. The Labute approximate surface area is 130 Å². The summed E-state index contributed by atoms with van der Waals surface area (Å²) in [6.07, 6.45) is 1.25. The molecule has 1 aliphatic heterocycles. The number of nitrogens with zero attached hydrogens (tertiary/aromatic N) is 1. The van der Waals surface area contributed by atoms with E-state index in [1.165, 1.54) is 4.90 Å². The zero-order valence-electron chi connectivity index (χ0n) is 11.3. The first-order valence-corrected chi connectivity index (χ1v) is 7.59.